The number of carbonyl (C=O) groups excluding carboxylic acids is 1. The van der Waals surface area contributed by atoms with Crippen LogP contribution in [-0.4, -0.2) is 60.4 Å². The molecule has 1 atom stereocenters. The van der Waals surface area contributed by atoms with Gasteiger partial charge in [0.15, 0.2) is 0 Å². The number of hydrogen-bond acceptors (Lipinski definition) is 4. The molecule has 1 aromatic heterocycles. The van der Waals surface area contributed by atoms with Crippen LogP contribution in [0.15, 0.2) is 24.5 Å². The molecule has 0 radical (unpaired) electrons. The number of piperidine rings is 1. The van der Waals surface area contributed by atoms with Crippen molar-refractivity contribution in [3.8, 4) is 0 Å². The summed E-state index contributed by atoms with van der Waals surface area (Å²) in [5, 5.41) is 12.3. The van der Waals surface area contributed by atoms with Gasteiger partial charge in [-0.25, -0.2) is 4.79 Å². The molecule has 0 spiro atoms. The summed E-state index contributed by atoms with van der Waals surface area (Å²) in [4.78, 5) is 20.1. The molecule has 23 heavy (non-hydrogen) atoms. The minimum atomic E-state index is -0.372. The van der Waals surface area contributed by atoms with E-state index < -0.39 is 0 Å². The Hall–Kier alpha value is -1.82. The van der Waals surface area contributed by atoms with Crippen molar-refractivity contribution >= 4 is 11.7 Å². The van der Waals surface area contributed by atoms with Gasteiger partial charge >= 0.3 is 6.03 Å². The van der Waals surface area contributed by atoms with E-state index in [-0.39, 0.29) is 12.1 Å². The van der Waals surface area contributed by atoms with E-state index in [0.717, 1.165) is 32.5 Å². The van der Waals surface area contributed by atoms with E-state index >= 15 is 0 Å². The van der Waals surface area contributed by atoms with Crippen molar-refractivity contribution in [2.75, 3.05) is 38.1 Å². The first-order chi connectivity index (χ1) is 11.1. The van der Waals surface area contributed by atoms with E-state index in [4.69, 9.17) is 0 Å². The van der Waals surface area contributed by atoms with Gasteiger partial charge in [0.1, 0.15) is 0 Å². The predicted molar refractivity (Wildman–Crippen MR) is 91.5 cm³/mol. The van der Waals surface area contributed by atoms with Gasteiger partial charge in [0.2, 0.25) is 0 Å². The Morgan fingerprint density at radius 3 is 2.70 bits per heavy atom. The summed E-state index contributed by atoms with van der Waals surface area (Å²) < 4.78 is 0. The minimum Gasteiger partial charge on any atom is -0.393 e. The van der Waals surface area contributed by atoms with Gasteiger partial charge in [-0.2, -0.15) is 0 Å². The second-order valence-electron chi connectivity index (χ2n) is 6.38. The van der Waals surface area contributed by atoms with E-state index in [1.54, 1.807) is 18.9 Å². The number of aliphatic hydroxyl groups excluding tert-OH is 1. The quantitative estimate of drug-likeness (QED) is 0.837. The third-order valence-corrected chi connectivity index (χ3v) is 4.41. The van der Waals surface area contributed by atoms with Gasteiger partial charge in [-0.15, -0.1) is 0 Å². The predicted octanol–water partition coefficient (Wildman–Crippen LogP) is 1.71. The number of nitrogens with one attached hydrogen (secondary N) is 1. The number of rotatable bonds is 6. The third-order valence-electron chi connectivity index (χ3n) is 4.41. The number of amides is 2. The van der Waals surface area contributed by atoms with Crippen LogP contribution in [0.25, 0.3) is 0 Å². The van der Waals surface area contributed by atoms with Gasteiger partial charge < -0.3 is 20.2 Å². The average Bonchev–Trinajstić information content (AvgIpc) is 2.58. The van der Waals surface area contributed by atoms with Crippen molar-refractivity contribution in [2.45, 2.75) is 32.3 Å². The fourth-order valence-electron chi connectivity index (χ4n) is 2.80. The zero-order valence-electron chi connectivity index (χ0n) is 14.1. The van der Waals surface area contributed by atoms with Gasteiger partial charge in [0.05, 0.1) is 6.10 Å². The number of anilines is 1. The van der Waals surface area contributed by atoms with Crippen LogP contribution in [0.4, 0.5) is 10.5 Å². The van der Waals surface area contributed by atoms with Gasteiger partial charge in [-0.05, 0) is 44.2 Å². The normalized spacial score (nSPS) is 16.9. The molecule has 6 nitrogen and oxygen atoms in total. The highest BCUT2D eigenvalue weighted by molar-refractivity contribution is 5.73. The number of nitrogens with zero attached hydrogens (tertiary/aromatic N) is 3. The maximum absolute atomic E-state index is 12.0. The molecule has 0 aromatic carbocycles. The van der Waals surface area contributed by atoms with Gasteiger partial charge in [-0.3, -0.25) is 4.98 Å². The van der Waals surface area contributed by atoms with Crippen molar-refractivity contribution in [1.82, 2.24) is 15.2 Å². The molecule has 0 saturated carbocycles. The second kappa shape index (κ2) is 8.72. The highest BCUT2D eigenvalue weighted by atomic mass is 16.3. The van der Waals surface area contributed by atoms with Crippen LogP contribution in [0.5, 0.6) is 0 Å². The Morgan fingerprint density at radius 2 is 2.09 bits per heavy atom. The first kappa shape index (κ1) is 17.5. The number of carbonyl (C=O) groups is 1. The Kier molecular flexibility index (Phi) is 6.65. The van der Waals surface area contributed by atoms with Crippen LogP contribution in [0, 0.1) is 5.92 Å². The first-order valence-electron chi connectivity index (χ1n) is 8.38. The van der Waals surface area contributed by atoms with Crippen molar-refractivity contribution in [2.24, 2.45) is 5.92 Å². The Balaban J connectivity index is 1.67. The molecule has 6 heteroatoms. The molecular weight excluding hydrogens is 292 g/mol. The third kappa shape index (κ3) is 5.71. The Labute approximate surface area is 138 Å². The molecule has 1 unspecified atom stereocenters. The van der Waals surface area contributed by atoms with Crippen molar-refractivity contribution in [3.05, 3.63) is 24.5 Å². The molecule has 2 rings (SSSR count). The van der Waals surface area contributed by atoms with Crippen molar-refractivity contribution in [3.63, 3.8) is 0 Å². The fourth-order valence-corrected chi connectivity index (χ4v) is 2.80. The molecule has 2 amide bonds. The maximum atomic E-state index is 12.0. The molecule has 1 aromatic rings. The van der Waals surface area contributed by atoms with E-state index in [2.05, 4.69) is 15.2 Å². The molecule has 1 saturated heterocycles. The summed E-state index contributed by atoms with van der Waals surface area (Å²) in [6.07, 6.45) is 6.05. The zero-order chi connectivity index (χ0) is 16.7. The molecule has 0 aliphatic carbocycles. The smallest absolute Gasteiger partial charge is 0.317 e. The van der Waals surface area contributed by atoms with Gasteiger partial charge in [0, 0.05) is 51.3 Å². The average molecular weight is 320 g/mol. The summed E-state index contributed by atoms with van der Waals surface area (Å²) in [5.74, 6) is 0.530. The SMILES string of the molecule is CC(O)CCN(C)C(=O)NCC1CCN(c2ccncc2)CC1. The Bertz CT molecular complexity index is 473. The lowest BCUT2D eigenvalue weighted by Gasteiger charge is -2.33. The highest BCUT2D eigenvalue weighted by Crippen LogP contribution is 2.22. The number of urea groups is 1. The van der Waals surface area contributed by atoms with Crippen LogP contribution in [0.2, 0.25) is 0 Å². The molecule has 2 N–H and O–H groups in total. The summed E-state index contributed by atoms with van der Waals surface area (Å²) in [6.45, 7) is 5.07. The summed E-state index contributed by atoms with van der Waals surface area (Å²) >= 11 is 0. The topological polar surface area (TPSA) is 68.7 Å². The van der Waals surface area contributed by atoms with E-state index in [0.29, 0.717) is 18.9 Å². The molecule has 128 valence electrons. The molecule has 0 bridgehead atoms. The zero-order valence-corrected chi connectivity index (χ0v) is 14.1. The molecule has 1 aliphatic rings. The number of pyridine rings is 1. The Morgan fingerprint density at radius 1 is 1.43 bits per heavy atom. The molecule has 1 fully saturated rings. The summed E-state index contributed by atoms with van der Waals surface area (Å²) in [5.41, 5.74) is 1.22. The summed E-state index contributed by atoms with van der Waals surface area (Å²) in [6, 6.07) is 4.03. The largest absolute Gasteiger partial charge is 0.393 e. The first-order valence-corrected chi connectivity index (χ1v) is 8.38. The standard InChI is InChI=1S/C17H28N4O2/c1-14(22)5-10-20(2)17(23)19-13-15-6-11-21(12-7-15)16-3-8-18-9-4-16/h3-4,8-9,14-15,22H,5-7,10-13H2,1-2H3,(H,19,23). The van der Waals surface area contributed by atoms with Crippen LogP contribution in [0.1, 0.15) is 26.2 Å². The second-order valence-corrected chi connectivity index (χ2v) is 6.38. The number of hydrogen-bond donors (Lipinski definition) is 2. The summed E-state index contributed by atoms with van der Waals surface area (Å²) in [7, 11) is 1.77. The monoisotopic (exact) mass is 320 g/mol. The van der Waals surface area contributed by atoms with Crippen LogP contribution in [-0.2, 0) is 0 Å². The number of aliphatic hydroxyl groups is 1. The maximum Gasteiger partial charge on any atom is 0.317 e. The van der Waals surface area contributed by atoms with Gasteiger partial charge in [-0.1, -0.05) is 0 Å². The van der Waals surface area contributed by atoms with Gasteiger partial charge in [0.25, 0.3) is 0 Å². The molecular formula is C17H28N4O2. The van der Waals surface area contributed by atoms with Crippen LogP contribution < -0.4 is 10.2 Å². The fraction of sp³-hybridized carbons (Fsp3) is 0.647. The van der Waals surface area contributed by atoms with Crippen molar-refractivity contribution < 1.29 is 9.90 Å². The highest BCUT2D eigenvalue weighted by Gasteiger charge is 2.20. The van der Waals surface area contributed by atoms with Crippen LogP contribution in [0.3, 0.4) is 0 Å². The number of aromatic nitrogens is 1. The van der Waals surface area contributed by atoms with Crippen LogP contribution >= 0.6 is 0 Å². The van der Waals surface area contributed by atoms with E-state index in [9.17, 15) is 9.90 Å². The lowest BCUT2D eigenvalue weighted by atomic mass is 9.96. The molecule has 2 heterocycles. The van der Waals surface area contributed by atoms with E-state index in [1.165, 1.54) is 5.69 Å². The minimum absolute atomic E-state index is 0.0535. The molecule has 1 aliphatic heterocycles. The lowest BCUT2D eigenvalue weighted by Crippen LogP contribution is -2.43. The van der Waals surface area contributed by atoms with Crippen molar-refractivity contribution in [1.29, 1.82) is 0 Å². The van der Waals surface area contributed by atoms with E-state index in [1.807, 2.05) is 24.5 Å². The lowest BCUT2D eigenvalue weighted by molar-refractivity contribution is 0.162.